The molecule has 132 valence electrons. The van der Waals surface area contributed by atoms with Crippen LogP contribution in [0.3, 0.4) is 0 Å². The van der Waals surface area contributed by atoms with Crippen LogP contribution in [0.1, 0.15) is 16.9 Å². The number of sulfone groups is 1. The number of rotatable bonds is 3. The SMILES string of the molecule is CN1CCN(C(=O)c2cnc(N(C)C3CCS(=O)(=O)C3)cn2)CC1. The lowest BCUT2D eigenvalue weighted by molar-refractivity contribution is 0.0658. The Hall–Kier alpha value is -1.74. The van der Waals surface area contributed by atoms with Crippen LogP contribution in [0.15, 0.2) is 12.4 Å². The number of anilines is 1. The van der Waals surface area contributed by atoms with Gasteiger partial charge >= 0.3 is 0 Å². The fourth-order valence-corrected chi connectivity index (χ4v) is 4.83. The molecule has 1 amide bonds. The number of carbonyl (C=O) groups is 1. The van der Waals surface area contributed by atoms with Crippen molar-refractivity contribution in [3.05, 3.63) is 18.1 Å². The second-order valence-electron chi connectivity index (χ2n) is 6.52. The van der Waals surface area contributed by atoms with Gasteiger partial charge in [0.25, 0.3) is 5.91 Å². The van der Waals surface area contributed by atoms with Crippen LogP contribution in [0.4, 0.5) is 5.82 Å². The summed E-state index contributed by atoms with van der Waals surface area (Å²) in [7, 11) is 0.910. The van der Waals surface area contributed by atoms with E-state index >= 15 is 0 Å². The van der Waals surface area contributed by atoms with Gasteiger partial charge in [-0.3, -0.25) is 4.79 Å². The first-order valence-electron chi connectivity index (χ1n) is 8.09. The van der Waals surface area contributed by atoms with Crippen LogP contribution in [0.2, 0.25) is 0 Å². The fourth-order valence-electron chi connectivity index (χ4n) is 3.05. The molecule has 0 saturated carbocycles. The minimum atomic E-state index is -2.94. The number of hydrogen-bond donors (Lipinski definition) is 0. The molecule has 1 aromatic rings. The zero-order valence-electron chi connectivity index (χ0n) is 14.1. The van der Waals surface area contributed by atoms with Gasteiger partial charge in [-0.2, -0.15) is 0 Å². The molecule has 0 N–H and O–H groups in total. The summed E-state index contributed by atoms with van der Waals surface area (Å²) >= 11 is 0. The normalized spacial score (nSPS) is 24.1. The third-order valence-electron chi connectivity index (χ3n) is 4.77. The Balaban J connectivity index is 1.66. The molecule has 1 aromatic heterocycles. The highest BCUT2D eigenvalue weighted by atomic mass is 32.2. The largest absolute Gasteiger partial charge is 0.354 e. The molecule has 8 nitrogen and oxygen atoms in total. The van der Waals surface area contributed by atoms with E-state index in [1.807, 2.05) is 19.0 Å². The minimum absolute atomic E-state index is 0.0801. The van der Waals surface area contributed by atoms with E-state index in [2.05, 4.69) is 14.9 Å². The Labute approximate surface area is 142 Å². The summed E-state index contributed by atoms with van der Waals surface area (Å²) in [6, 6.07) is -0.0801. The Bertz CT molecular complexity index is 698. The van der Waals surface area contributed by atoms with Crippen molar-refractivity contribution in [1.29, 1.82) is 0 Å². The van der Waals surface area contributed by atoms with Crippen molar-refractivity contribution in [3.8, 4) is 0 Å². The quantitative estimate of drug-likeness (QED) is 0.723. The van der Waals surface area contributed by atoms with Gasteiger partial charge in [0.1, 0.15) is 11.5 Å². The molecule has 2 saturated heterocycles. The number of piperazine rings is 1. The summed E-state index contributed by atoms with van der Waals surface area (Å²) in [6.07, 6.45) is 3.63. The predicted octanol–water partition coefficient (Wildman–Crippen LogP) is -0.512. The molecular formula is C15H23N5O3S. The Morgan fingerprint density at radius 3 is 2.46 bits per heavy atom. The van der Waals surface area contributed by atoms with Crippen molar-refractivity contribution in [2.45, 2.75) is 12.5 Å². The van der Waals surface area contributed by atoms with Crippen LogP contribution in [-0.2, 0) is 9.84 Å². The molecule has 0 radical (unpaired) electrons. The summed E-state index contributed by atoms with van der Waals surface area (Å²) in [6.45, 7) is 3.10. The molecule has 1 unspecified atom stereocenters. The fraction of sp³-hybridized carbons (Fsp3) is 0.667. The van der Waals surface area contributed by atoms with E-state index in [-0.39, 0.29) is 23.5 Å². The Morgan fingerprint density at radius 1 is 1.21 bits per heavy atom. The zero-order valence-corrected chi connectivity index (χ0v) is 14.9. The summed E-state index contributed by atoms with van der Waals surface area (Å²) in [5.41, 5.74) is 0.329. The second-order valence-corrected chi connectivity index (χ2v) is 8.75. The van der Waals surface area contributed by atoms with Crippen LogP contribution in [0.5, 0.6) is 0 Å². The second kappa shape index (κ2) is 6.64. The van der Waals surface area contributed by atoms with Gasteiger partial charge in [0, 0.05) is 39.3 Å². The maximum Gasteiger partial charge on any atom is 0.274 e. The van der Waals surface area contributed by atoms with Crippen molar-refractivity contribution in [2.24, 2.45) is 0 Å². The van der Waals surface area contributed by atoms with E-state index in [1.54, 1.807) is 11.1 Å². The van der Waals surface area contributed by atoms with Crippen molar-refractivity contribution in [3.63, 3.8) is 0 Å². The molecule has 24 heavy (non-hydrogen) atoms. The van der Waals surface area contributed by atoms with Crippen molar-refractivity contribution >= 4 is 21.6 Å². The summed E-state index contributed by atoms with van der Waals surface area (Å²) in [4.78, 5) is 26.8. The third kappa shape index (κ3) is 3.67. The number of nitrogens with zero attached hydrogens (tertiary/aromatic N) is 5. The van der Waals surface area contributed by atoms with Crippen LogP contribution in [0.25, 0.3) is 0 Å². The van der Waals surface area contributed by atoms with Gasteiger partial charge in [0.05, 0.1) is 23.9 Å². The summed E-state index contributed by atoms with van der Waals surface area (Å²) in [5, 5.41) is 0. The van der Waals surface area contributed by atoms with Crippen LogP contribution in [-0.4, -0.2) is 91.9 Å². The van der Waals surface area contributed by atoms with Gasteiger partial charge in [-0.1, -0.05) is 0 Å². The smallest absolute Gasteiger partial charge is 0.274 e. The molecule has 1 atom stereocenters. The monoisotopic (exact) mass is 353 g/mol. The van der Waals surface area contributed by atoms with E-state index < -0.39 is 9.84 Å². The first kappa shape index (κ1) is 17.1. The summed E-state index contributed by atoms with van der Waals surface area (Å²) in [5.74, 6) is 0.850. The maximum absolute atomic E-state index is 12.4. The molecule has 0 bridgehead atoms. The molecule has 0 aromatic carbocycles. The van der Waals surface area contributed by atoms with E-state index in [0.717, 1.165) is 13.1 Å². The van der Waals surface area contributed by atoms with Gasteiger partial charge in [-0.05, 0) is 13.5 Å². The first-order chi connectivity index (χ1) is 11.4. The van der Waals surface area contributed by atoms with E-state index in [0.29, 0.717) is 31.0 Å². The Morgan fingerprint density at radius 2 is 1.92 bits per heavy atom. The molecule has 2 fully saturated rings. The molecule has 2 aliphatic rings. The highest BCUT2D eigenvalue weighted by molar-refractivity contribution is 7.91. The molecule has 3 heterocycles. The highest BCUT2D eigenvalue weighted by Crippen LogP contribution is 2.21. The number of hydrogen-bond acceptors (Lipinski definition) is 7. The predicted molar refractivity (Wildman–Crippen MR) is 90.9 cm³/mol. The number of amides is 1. The lowest BCUT2D eigenvalue weighted by Gasteiger charge is -2.32. The highest BCUT2D eigenvalue weighted by Gasteiger charge is 2.31. The maximum atomic E-state index is 12.4. The molecule has 3 rings (SSSR count). The van der Waals surface area contributed by atoms with E-state index in [4.69, 9.17) is 0 Å². The molecule has 2 aliphatic heterocycles. The van der Waals surface area contributed by atoms with Crippen molar-refractivity contribution in [1.82, 2.24) is 19.8 Å². The third-order valence-corrected chi connectivity index (χ3v) is 6.52. The lowest BCUT2D eigenvalue weighted by Crippen LogP contribution is -2.47. The van der Waals surface area contributed by atoms with Gasteiger partial charge < -0.3 is 14.7 Å². The number of likely N-dealkylation sites (N-methyl/N-ethyl adjacent to an activating group) is 1. The topological polar surface area (TPSA) is 86.7 Å². The molecule has 0 aliphatic carbocycles. The van der Waals surface area contributed by atoms with Gasteiger partial charge in [-0.15, -0.1) is 0 Å². The van der Waals surface area contributed by atoms with Crippen molar-refractivity contribution < 1.29 is 13.2 Å². The van der Waals surface area contributed by atoms with Crippen molar-refractivity contribution in [2.75, 3.05) is 56.7 Å². The average molecular weight is 353 g/mol. The van der Waals surface area contributed by atoms with Gasteiger partial charge in [0.15, 0.2) is 9.84 Å². The number of aromatic nitrogens is 2. The molecular weight excluding hydrogens is 330 g/mol. The van der Waals surface area contributed by atoms with Crippen LogP contribution >= 0.6 is 0 Å². The van der Waals surface area contributed by atoms with Crippen LogP contribution < -0.4 is 4.90 Å². The van der Waals surface area contributed by atoms with Crippen LogP contribution in [0, 0.1) is 0 Å². The molecule has 0 spiro atoms. The Kier molecular flexibility index (Phi) is 4.73. The molecule has 9 heteroatoms. The van der Waals surface area contributed by atoms with Gasteiger partial charge in [0.2, 0.25) is 0 Å². The standard InChI is InChI=1S/C15H23N5O3S/c1-18-4-6-20(7-5-18)15(21)13-9-17-14(10-16-13)19(2)12-3-8-24(22,23)11-12/h9-10,12H,3-8,11H2,1-2H3. The van der Waals surface area contributed by atoms with Gasteiger partial charge in [-0.25, -0.2) is 18.4 Å². The number of carbonyl (C=O) groups excluding carboxylic acids is 1. The summed E-state index contributed by atoms with van der Waals surface area (Å²) < 4.78 is 23.2. The van der Waals surface area contributed by atoms with E-state index in [1.165, 1.54) is 6.20 Å². The zero-order chi connectivity index (χ0) is 17.3. The average Bonchev–Trinajstić information content (AvgIpc) is 2.94. The minimum Gasteiger partial charge on any atom is -0.354 e. The van der Waals surface area contributed by atoms with E-state index in [9.17, 15) is 13.2 Å². The first-order valence-corrected chi connectivity index (χ1v) is 9.91. The lowest BCUT2D eigenvalue weighted by atomic mass is 10.2.